The third kappa shape index (κ3) is 13.0. The molecule has 2 heterocycles. The molecule has 0 bridgehead atoms. The summed E-state index contributed by atoms with van der Waals surface area (Å²) in [5, 5.41) is 12.3. The molecule has 14 heteroatoms. The quantitative estimate of drug-likeness (QED) is 0.138. The van der Waals surface area contributed by atoms with Crippen molar-refractivity contribution in [2.24, 2.45) is 23.7 Å². The van der Waals surface area contributed by atoms with Crippen LogP contribution >= 0.6 is 0 Å². The number of hydrogen-bond donors (Lipinski definition) is 4. The predicted molar refractivity (Wildman–Crippen MR) is 227 cm³/mol. The normalized spacial score (nSPS) is 20.4. The standard InChI is InChI=1S/C44H75N7O7/c1-12-30(7)39(49(9)44(56)37(28(3)4)48-43(55)38(29(5)6)50-24-21-45-22-25-50)35(57-10)27-36(52)51-23-17-20-34(51)40(58-11)31(8)41(53)47-33(42(54)46-13-2)26-32-18-15-14-16-19-32/h14-16,18-19,28-31,33-35,37-40,45H,12-13,17,20-27H2,1-11H3,(H,46,54)(H,47,53)(H,48,55)/t30-,31+,33-,34-,35?,37-,38-,39-,40+/m0/s1. The summed E-state index contributed by atoms with van der Waals surface area (Å²) in [6, 6.07) is 6.82. The van der Waals surface area contributed by atoms with Crippen LogP contribution in [0.15, 0.2) is 30.3 Å². The van der Waals surface area contributed by atoms with Gasteiger partial charge in [0.05, 0.1) is 42.7 Å². The Morgan fingerprint density at radius 2 is 1.52 bits per heavy atom. The second-order valence-corrected chi connectivity index (χ2v) is 16.9. The SMILES string of the molecule is CCNC(=O)[C@H](Cc1ccccc1)NC(=O)[C@H](C)[C@@H](OC)[C@@H]1CCCN1C(=O)CC(OC)[C@H]([C@@H](C)CC)N(C)C(=O)[C@@H](NC(=O)[C@H](C(C)C)N1CCNCC1)C(C)C. The summed E-state index contributed by atoms with van der Waals surface area (Å²) in [5.74, 6) is -1.93. The van der Waals surface area contributed by atoms with E-state index in [-0.39, 0.29) is 65.8 Å². The first-order valence-corrected chi connectivity index (χ1v) is 21.6. The lowest BCUT2D eigenvalue weighted by Crippen LogP contribution is -2.61. The molecule has 2 saturated heterocycles. The molecule has 2 aliphatic rings. The van der Waals surface area contributed by atoms with Gasteiger partial charge in [-0.05, 0) is 43.1 Å². The van der Waals surface area contributed by atoms with Gasteiger partial charge in [-0.25, -0.2) is 0 Å². The molecule has 1 aromatic rings. The smallest absolute Gasteiger partial charge is 0.245 e. The van der Waals surface area contributed by atoms with Gasteiger partial charge >= 0.3 is 0 Å². The number of methoxy groups -OCH3 is 2. The molecule has 58 heavy (non-hydrogen) atoms. The lowest BCUT2D eigenvalue weighted by molar-refractivity contribution is -0.148. The number of carbonyl (C=O) groups excluding carboxylic acids is 5. The van der Waals surface area contributed by atoms with Gasteiger partial charge in [0, 0.05) is 67.0 Å². The topological polar surface area (TPSA) is 162 Å². The molecule has 4 N–H and O–H groups in total. The van der Waals surface area contributed by atoms with Gasteiger partial charge in [-0.1, -0.05) is 85.2 Å². The number of amides is 5. The monoisotopic (exact) mass is 814 g/mol. The zero-order chi connectivity index (χ0) is 43.1. The van der Waals surface area contributed by atoms with Crippen LogP contribution in [0.1, 0.15) is 86.6 Å². The molecule has 9 atom stereocenters. The molecular formula is C44H75N7O7. The molecule has 328 valence electrons. The van der Waals surface area contributed by atoms with Crippen LogP contribution in [0.5, 0.6) is 0 Å². The van der Waals surface area contributed by atoms with Crippen molar-refractivity contribution in [1.82, 2.24) is 36.0 Å². The molecule has 1 aromatic carbocycles. The summed E-state index contributed by atoms with van der Waals surface area (Å²) in [6.07, 6.45) is 1.22. The summed E-state index contributed by atoms with van der Waals surface area (Å²) in [7, 11) is 4.87. The van der Waals surface area contributed by atoms with E-state index in [0.29, 0.717) is 25.9 Å². The first-order chi connectivity index (χ1) is 27.6. The van der Waals surface area contributed by atoms with Gasteiger partial charge in [-0.3, -0.25) is 28.9 Å². The van der Waals surface area contributed by atoms with E-state index in [9.17, 15) is 24.0 Å². The maximum Gasteiger partial charge on any atom is 0.245 e. The van der Waals surface area contributed by atoms with Crippen LogP contribution in [0.3, 0.4) is 0 Å². The average Bonchev–Trinajstić information content (AvgIpc) is 3.69. The third-order valence-electron chi connectivity index (χ3n) is 12.2. The van der Waals surface area contributed by atoms with Crippen molar-refractivity contribution in [2.45, 2.75) is 130 Å². The van der Waals surface area contributed by atoms with Crippen LogP contribution in [0.25, 0.3) is 0 Å². The minimum atomic E-state index is -0.775. The number of rotatable bonds is 22. The van der Waals surface area contributed by atoms with Crippen molar-refractivity contribution in [1.29, 1.82) is 0 Å². The van der Waals surface area contributed by atoms with E-state index in [4.69, 9.17) is 9.47 Å². The van der Waals surface area contributed by atoms with E-state index in [1.54, 1.807) is 38.0 Å². The molecule has 0 spiro atoms. The lowest BCUT2D eigenvalue weighted by atomic mass is 9.89. The fourth-order valence-electron chi connectivity index (χ4n) is 8.79. The largest absolute Gasteiger partial charge is 0.379 e. The Bertz CT molecular complexity index is 1460. The van der Waals surface area contributed by atoms with Crippen molar-refractivity contribution < 1.29 is 33.4 Å². The Morgan fingerprint density at radius 3 is 2.07 bits per heavy atom. The van der Waals surface area contributed by atoms with E-state index >= 15 is 0 Å². The Morgan fingerprint density at radius 1 is 0.862 bits per heavy atom. The number of ether oxygens (including phenoxy) is 2. The molecule has 2 fully saturated rings. The minimum Gasteiger partial charge on any atom is -0.379 e. The molecular weight excluding hydrogens is 739 g/mol. The van der Waals surface area contributed by atoms with Crippen LogP contribution in [-0.2, 0) is 39.9 Å². The number of likely N-dealkylation sites (N-methyl/N-ethyl adjacent to an activating group) is 2. The number of nitrogens with zero attached hydrogens (tertiary/aromatic N) is 3. The van der Waals surface area contributed by atoms with Crippen LogP contribution in [-0.4, -0.2) is 147 Å². The van der Waals surface area contributed by atoms with Gasteiger partial charge in [0.25, 0.3) is 0 Å². The number of likely N-dealkylation sites (tertiary alicyclic amines) is 1. The Labute approximate surface area is 348 Å². The number of hydrogen-bond acceptors (Lipinski definition) is 9. The molecule has 0 saturated carbocycles. The van der Waals surface area contributed by atoms with Crippen molar-refractivity contribution in [3.8, 4) is 0 Å². The van der Waals surface area contributed by atoms with E-state index in [1.165, 1.54) is 0 Å². The van der Waals surface area contributed by atoms with Crippen LogP contribution in [0.2, 0.25) is 0 Å². The van der Waals surface area contributed by atoms with E-state index < -0.39 is 36.3 Å². The van der Waals surface area contributed by atoms with Gasteiger partial charge in [-0.15, -0.1) is 0 Å². The summed E-state index contributed by atoms with van der Waals surface area (Å²) in [4.78, 5) is 75.2. The van der Waals surface area contributed by atoms with Gasteiger partial charge in [0.15, 0.2) is 0 Å². The Hall–Kier alpha value is -3.59. The highest BCUT2D eigenvalue weighted by Gasteiger charge is 2.43. The maximum atomic E-state index is 14.4. The molecule has 3 rings (SSSR count). The van der Waals surface area contributed by atoms with Crippen LogP contribution < -0.4 is 21.3 Å². The fraction of sp³-hybridized carbons (Fsp3) is 0.750. The summed E-state index contributed by atoms with van der Waals surface area (Å²) in [5.41, 5.74) is 0.924. The zero-order valence-electron chi connectivity index (χ0n) is 37.2. The summed E-state index contributed by atoms with van der Waals surface area (Å²) < 4.78 is 12.1. The molecule has 5 amide bonds. The first kappa shape index (κ1) is 48.8. The summed E-state index contributed by atoms with van der Waals surface area (Å²) >= 11 is 0. The highest BCUT2D eigenvalue weighted by Crippen LogP contribution is 2.30. The predicted octanol–water partition coefficient (Wildman–Crippen LogP) is 2.84. The van der Waals surface area contributed by atoms with Crippen LogP contribution in [0.4, 0.5) is 0 Å². The average molecular weight is 814 g/mol. The molecule has 0 aromatic heterocycles. The molecule has 14 nitrogen and oxygen atoms in total. The Balaban J connectivity index is 1.78. The highest BCUT2D eigenvalue weighted by molar-refractivity contribution is 5.91. The number of benzene rings is 1. The summed E-state index contributed by atoms with van der Waals surface area (Å²) in [6.45, 7) is 19.7. The lowest BCUT2D eigenvalue weighted by Gasteiger charge is -2.41. The molecule has 1 unspecified atom stereocenters. The van der Waals surface area contributed by atoms with Gasteiger partial charge in [0.1, 0.15) is 12.1 Å². The zero-order valence-corrected chi connectivity index (χ0v) is 37.2. The molecule has 0 aliphatic carbocycles. The van der Waals surface area contributed by atoms with E-state index in [0.717, 1.165) is 44.6 Å². The first-order valence-electron chi connectivity index (χ1n) is 21.6. The third-order valence-corrected chi connectivity index (χ3v) is 12.2. The number of carbonyl (C=O) groups is 5. The van der Waals surface area contributed by atoms with Crippen LogP contribution in [0, 0.1) is 23.7 Å². The molecule has 0 radical (unpaired) electrons. The second kappa shape index (κ2) is 23.9. The van der Waals surface area contributed by atoms with Gasteiger partial charge in [-0.2, -0.15) is 0 Å². The van der Waals surface area contributed by atoms with Crippen molar-refractivity contribution in [3.05, 3.63) is 35.9 Å². The van der Waals surface area contributed by atoms with Crippen molar-refractivity contribution >= 4 is 29.5 Å². The number of piperazine rings is 1. The Kier molecular flexibility index (Phi) is 20.1. The van der Waals surface area contributed by atoms with Crippen molar-refractivity contribution in [2.75, 3.05) is 60.5 Å². The van der Waals surface area contributed by atoms with Gasteiger partial charge in [0.2, 0.25) is 29.5 Å². The highest BCUT2D eigenvalue weighted by atomic mass is 16.5. The second-order valence-electron chi connectivity index (χ2n) is 16.9. The van der Waals surface area contributed by atoms with E-state index in [2.05, 4.69) is 40.0 Å². The maximum absolute atomic E-state index is 14.4. The fourth-order valence-corrected chi connectivity index (χ4v) is 8.79. The van der Waals surface area contributed by atoms with Gasteiger partial charge < -0.3 is 40.5 Å². The number of nitrogens with one attached hydrogen (secondary N) is 4. The molecule has 2 aliphatic heterocycles. The minimum absolute atomic E-state index is 0.0180. The van der Waals surface area contributed by atoms with Crippen molar-refractivity contribution in [3.63, 3.8) is 0 Å². The van der Waals surface area contributed by atoms with E-state index in [1.807, 2.05) is 65.0 Å².